The molecule has 0 amide bonds. The van der Waals surface area contributed by atoms with E-state index in [1.54, 1.807) is 0 Å². The molecule has 1 aromatic heterocycles. The Labute approximate surface area is 266 Å². The summed E-state index contributed by atoms with van der Waals surface area (Å²) in [6, 6.07) is 53.2. The first-order chi connectivity index (χ1) is 22.6. The van der Waals surface area contributed by atoms with Crippen LogP contribution in [0.15, 0.2) is 177 Å². The van der Waals surface area contributed by atoms with Crippen LogP contribution in [0.5, 0.6) is 11.5 Å². The fourth-order valence-corrected chi connectivity index (χ4v) is 12.8. The molecule has 0 atom stereocenters. The standard InChI is InChI=1S/C41H26N2O2S/c44-46(37-20-8-1-12-28(37)29-13-2-9-21-38(29)46)39-22-10-3-14-30(39)31-26-27(24-25-40(31)46)32-15-11-23-41(42-32)43-33-16-4-6-18-35(33)45-36-19-7-5-17-34(36)43/h1-26H. The van der Waals surface area contributed by atoms with Crippen molar-refractivity contribution in [2.24, 2.45) is 0 Å². The summed E-state index contributed by atoms with van der Waals surface area (Å²) in [4.78, 5) is 10.9. The number of hydrogen-bond donors (Lipinski definition) is 0. The predicted octanol–water partition coefficient (Wildman–Crippen LogP) is 10.6. The highest BCUT2D eigenvalue weighted by atomic mass is 32.3. The van der Waals surface area contributed by atoms with Crippen molar-refractivity contribution in [3.8, 4) is 45.0 Å². The Kier molecular flexibility index (Phi) is 4.94. The van der Waals surface area contributed by atoms with Crippen molar-refractivity contribution in [2.75, 3.05) is 4.90 Å². The number of benzene rings is 6. The van der Waals surface area contributed by atoms with Crippen LogP contribution < -0.4 is 9.64 Å². The number of anilines is 3. The van der Waals surface area contributed by atoms with Gasteiger partial charge in [0.15, 0.2) is 11.5 Å². The van der Waals surface area contributed by atoms with Crippen LogP contribution in [-0.2, 0) is 9.07 Å². The van der Waals surface area contributed by atoms with Gasteiger partial charge in [-0.05, 0) is 89.0 Å². The maximum atomic E-state index is 16.6. The molecule has 0 saturated carbocycles. The van der Waals surface area contributed by atoms with Crippen LogP contribution >= 0.6 is 0 Å². The van der Waals surface area contributed by atoms with Crippen molar-refractivity contribution in [2.45, 2.75) is 19.6 Å². The fourth-order valence-electron chi connectivity index (χ4n) is 7.70. The maximum absolute atomic E-state index is 16.6. The van der Waals surface area contributed by atoms with E-state index in [2.05, 4.69) is 71.6 Å². The molecule has 218 valence electrons. The lowest BCUT2D eigenvalue weighted by molar-refractivity contribution is 0.476. The molecule has 1 spiro atoms. The monoisotopic (exact) mass is 610 g/mol. The van der Waals surface area contributed by atoms with Crippen LogP contribution in [0.1, 0.15) is 0 Å². The van der Waals surface area contributed by atoms with E-state index in [0.717, 1.165) is 81.8 Å². The Hall–Kier alpha value is -5.78. The summed E-state index contributed by atoms with van der Waals surface area (Å²) < 4.78 is 22.8. The van der Waals surface area contributed by atoms with E-state index in [1.165, 1.54) is 0 Å². The van der Waals surface area contributed by atoms with Crippen LogP contribution in [0.2, 0.25) is 0 Å². The van der Waals surface area contributed by atoms with E-state index < -0.39 is 9.07 Å². The van der Waals surface area contributed by atoms with E-state index in [9.17, 15) is 0 Å². The van der Waals surface area contributed by atoms with E-state index in [1.807, 2.05) is 91.0 Å². The normalized spacial score (nSPS) is 16.1. The average Bonchev–Trinajstić information content (AvgIpc) is 3.51. The summed E-state index contributed by atoms with van der Waals surface area (Å²) in [5, 5.41) is 0. The SMILES string of the molecule is O=S12(c3ccccc3-c3ccccc31)c1ccccc1-c1cc(-c3cccc(N4c5ccccc5Oc5ccccc54)n3)ccc12. The van der Waals surface area contributed by atoms with Gasteiger partial charge in [-0.25, -0.2) is 4.98 Å². The molecule has 46 heavy (non-hydrogen) atoms. The zero-order chi connectivity index (χ0) is 30.5. The topological polar surface area (TPSA) is 42.4 Å². The third kappa shape index (κ3) is 3.03. The molecule has 0 aliphatic carbocycles. The van der Waals surface area contributed by atoms with Crippen molar-refractivity contribution in [1.29, 1.82) is 0 Å². The molecular formula is C41H26N2O2S. The number of fused-ring (bicyclic) bond motifs is 12. The molecule has 4 nitrogen and oxygen atoms in total. The lowest BCUT2D eigenvalue weighted by atomic mass is 10.0. The number of para-hydroxylation sites is 4. The zero-order valence-corrected chi connectivity index (χ0v) is 25.4. The molecule has 0 radical (unpaired) electrons. The van der Waals surface area contributed by atoms with E-state index >= 15 is 4.21 Å². The zero-order valence-electron chi connectivity index (χ0n) is 24.6. The largest absolute Gasteiger partial charge is 0.453 e. The smallest absolute Gasteiger partial charge is 0.151 e. The second-order valence-corrected chi connectivity index (χ2v) is 15.5. The Balaban J connectivity index is 1.19. The fraction of sp³-hybridized carbons (Fsp3) is 0. The molecule has 0 saturated heterocycles. The van der Waals surface area contributed by atoms with Gasteiger partial charge in [0.05, 0.1) is 17.1 Å². The van der Waals surface area contributed by atoms with Gasteiger partial charge in [0.25, 0.3) is 0 Å². The molecule has 0 fully saturated rings. The summed E-state index contributed by atoms with van der Waals surface area (Å²) in [6.45, 7) is 0. The Morgan fingerprint density at radius 1 is 0.478 bits per heavy atom. The van der Waals surface area contributed by atoms with Gasteiger partial charge in [-0.15, -0.1) is 0 Å². The summed E-state index contributed by atoms with van der Waals surface area (Å²) in [5.74, 6) is 2.37. The van der Waals surface area contributed by atoms with E-state index in [-0.39, 0.29) is 0 Å². The van der Waals surface area contributed by atoms with Gasteiger partial charge in [-0.2, -0.15) is 0 Å². The van der Waals surface area contributed by atoms with Gasteiger partial charge in [0.1, 0.15) is 5.82 Å². The summed E-state index contributed by atoms with van der Waals surface area (Å²) in [7, 11) is -3.86. The van der Waals surface area contributed by atoms with Gasteiger partial charge >= 0.3 is 0 Å². The minimum Gasteiger partial charge on any atom is -0.453 e. The Bertz CT molecular complexity index is 2410. The highest BCUT2D eigenvalue weighted by Crippen LogP contribution is 2.71. The third-order valence-electron chi connectivity index (χ3n) is 9.59. The quantitative estimate of drug-likeness (QED) is 0.195. The molecule has 6 aromatic carbocycles. The van der Waals surface area contributed by atoms with Crippen molar-refractivity contribution < 1.29 is 8.95 Å². The number of nitrogens with zero attached hydrogens (tertiary/aromatic N) is 2. The lowest BCUT2D eigenvalue weighted by Gasteiger charge is -2.38. The summed E-state index contributed by atoms with van der Waals surface area (Å²) in [6.07, 6.45) is 0. The summed E-state index contributed by atoms with van der Waals surface area (Å²) >= 11 is 0. The number of rotatable bonds is 2. The number of ether oxygens (including phenoxy) is 1. The minimum atomic E-state index is -3.86. The lowest BCUT2D eigenvalue weighted by Crippen LogP contribution is -2.29. The Morgan fingerprint density at radius 3 is 1.59 bits per heavy atom. The molecule has 3 aliphatic rings. The molecule has 0 bridgehead atoms. The van der Waals surface area contributed by atoms with Crippen molar-refractivity contribution in [3.05, 3.63) is 158 Å². The van der Waals surface area contributed by atoms with Crippen LogP contribution in [-0.4, -0.2) is 9.19 Å². The van der Waals surface area contributed by atoms with Crippen LogP contribution in [0.25, 0.3) is 33.5 Å². The molecular weight excluding hydrogens is 585 g/mol. The van der Waals surface area contributed by atoms with Gasteiger partial charge in [-0.3, -0.25) is 9.11 Å². The van der Waals surface area contributed by atoms with Gasteiger partial charge in [-0.1, -0.05) is 91.0 Å². The molecule has 4 heterocycles. The minimum absolute atomic E-state index is 0.787. The second kappa shape index (κ2) is 8.90. The third-order valence-corrected chi connectivity index (χ3v) is 14.4. The molecule has 10 rings (SSSR count). The first-order valence-electron chi connectivity index (χ1n) is 15.4. The van der Waals surface area contributed by atoms with Gasteiger partial charge in [0, 0.05) is 34.2 Å². The maximum Gasteiger partial charge on any atom is 0.151 e. The van der Waals surface area contributed by atoms with Gasteiger partial charge < -0.3 is 4.74 Å². The van der Waals surface area contributed by atoms with Crippen LogP contribution in [0.4, 0.5) is 17.2 Å². The molecule has 0 unspecified atom stereocenters. The molecule has 3 aliphatic heterocycles. The number of aromatic nitrogens is 1. The first kappa shape index (κ1) is 25.5. The molecule has 7 aromatic rings. The highest BCUT2D eigenvalue weighted by molar-refractivity contribution is 8.21. The van der Waals surface area contributed by atoms with Crippen LogP contribution in [0.3, 0.4) is 0 Å². The van der Waals surface area contributed by atoms with Crippen molar-refractivity contribution in [1.82, 2.24) is 4.98 Å². The number of pyridine rings is 1. The van der Waals surface area contributed by atoms with Gasteiger partial charge in [0.2, 0.25) is 0 Å². The second-order valence-electron chi connectivity index (χ2n) is 11.9. The highest BCUT2D eigenvalue weighted by Gasteiger charge is 2.57. The van der Waals surface area contributed by atoms with E-state index in [0.29, 0.717) is 0 Å². The predicted molar refractivity (Wildman–Crippen MR) is 183 cm³/mol. The molecule has 0 N–H and O–H groups in total. The van der Waals surface area contributed by atoms with Crippen molar-refractivity contribution in [3.63, 3.8) is 0 Å². The molecule has 5 heteroatoms. The van der Waals surface area contributed by atoms with E-state index in [4.69, 9.17) is 9.72 Å². The first-order valence-corrected chi connectivity index (χ1v) is 17.3. The Morgan fingerprint density at radius 2 is 0.978 bits per heavy atom. The average molecular weight is 611 g/mol. The summed E-state index contributed by atoms with van der Waals surface area (Å²) in [5.41, 5.74) is 7.77. The van der Waals surface area contributed by atoms with Crippen LogP contribution in [0, 0.1) is 0 Å². The van der Waals surface area contributed by atoms with Crippen molar-refractivity contribution >= 4 is 26.3 Å². The number of hydrogen-bond acceptors (Lipinski definition) is 4.